The van der Waals surface area contributed by atoms with Crippen LogP contribution in [0.3, 0.4) is 0 Å². The Kier molecular flexibility index (Phi) is 5.51. The van der Waals surface area contributed by atoms with Gasteiger partial charge in [-0.05, 0) is 32.9 Å². The molecule has 21 heavy (non-hydrogen) atoms. The van der Waals surface area contributed by atoms with E-state index < -0.39 is 0 Å². The van der Waals surface area contributed by atoms with E-state index in [1.165, 1.54) is 0 Å². The molecular weight excluding hydrogens is 266 g/mol. The summed E-state index contributed by atoms with van der Waals surface area (Å²) in [7, 11) is 0. The summed E-state index contributed by atoms with van der Waals surface area (Å²) in [6, 6.07) is 6.27. The number of aliphatic hydroxyl groups is 1. The highest BCUT2D eigenvalue weighted by Gasteiger charge is 2.25. The van der Waals surface area contributed by atoms with Gasteiger partial charge in [-0.3, -0.25) is 9.69 Å². The number of nitrogens with zero attached hydrogens (tertiary/aromatic N) is 1. The minimum absolute atomic E-state index is 0.0360. The standard InChI is InChI=1S/C17H25NO3/c1-12-6-13(2)8-15(7-12)17(20)4-5-18-9-16(10-19)21-11-14(18)3/h6-8,14,16,19H,4-5,9-11H2,1-3H3. The van der Waals surface area contributed by atoms with Crippen LogP contribution in [0.1, 0.15) is 34.8 Å². The van der Waals surface area contributed by atoms with Gasteiger partial charge in [-0.2, -0.15) is 0 Å². The number of hydrogen-bond acceptors (Lipinski definition) is 4. The summed E-state index contributed by atoms with van der Waals surface area (Å²) in [5.41, 5.74) is 3.05. The van der Waals surface area contributed by atoms with Gasteiger partial charge in [0.1, 0.15) is 0 Å². The monoisotopic (exact) mass is 291 g/mol. The Hall–Kier alpha value is -1.23. The number of carbonyl (C=O) groups is 1. The number of aryl methyl sites for hydroxylation is 2. The van der Waals surface area contributed by atoms with Crippen molar-refractivity contribution in [3.05, 3.63) is 34.9 Å². The fraction of sp³-hybridized carbons (Fsp3) is 0.588. The minimum Gasteiger partial charge on any atom is -0.394 e. The molecule has 4 nitrogen and oxygen atoms in total. The predicted octanol–water partition coefficient (Wildman–Crippen LogP) is 1.96. The molecule has 1 aliphatic rings. The van der Waals surface area contributed by atoms with E-state index in [4.69, 9.17) is 4.74 Å². The molecule has 1 aromatic carbocycles. The topological polar surface area (TPSA) is 49.8 Å². The Morgan fingerprint density at radius 1 is 1.33 bits per heavy atom. The molecular formula is C17H25NO3. The number of aliphatic hydroxyl groups excluding tert-OH is 1. The average Bonchev–Trinajstić information content (AvgIpc) is 2.45. The molecule has 0 saturated carbocycles. The lowest BCUT2D eigenvalue weighted by atomic mass is 10.0. The van der Waals surface area contributed by atoms with Gasteiger partial charge >= 0.3 is 0 Å². The van der Waals surface area contributed by atoms with Crippen LogP contribution in [0.2, 0.25) is 0 Å². The Morgan fingerprint density at radius 3 is 2.62 bits per heavy atom. The van der Waals surface area contributed by atoms with E-state index in [0.29, 0.717) is 32.2 Å². The summed E-state index contributed by atoms with van der Waals surface area (Å²) in [4.78, 5) is 14.6. The first-order valence-corrected chi connectivity index (χ1v) is 7.57. The van der Waals surface area contributed by atoms with Crippen molar-refractivity contribution in [3.8, 4) is 0 Å². The van der Waals surface area contributed by atoms with Gasteiger partial charge in [0.25, 0.3) is 0 Å². The molecule has 0 radical (unpaired) electrons. The second-order valence-electron chi connectivity index (χ2n) is 6.03. The normalized spacial score (nSPS) is 23.2. The zero-order valence-electron chi connectivity index (χ0n) is 13.1. The fourth-order valence-corrected chi connectivity index (χ4v) is 2.82. The number of rotatable bonds is 5. The molecule has 2 unspecified atom stereocenters. The lowest BCUT2D eigenvalue weighted by Gasteiger charge is -2.37. The van der Waals surface area contributed by atoms with Gasteiger partial charge in [-0.25, -0.2) is 0 Å². The van der Waals surface area contributed by atoms with E-state index in [1.807, 2.05) is 26.0 Å². The number of Topliss-reactive ketones (excluding diaryl/α,β-unsaturated/α-hetero) is 1. The number of carbonyl (C=O) groups excluding carboxylic acids is 1. The van der Waals surface area contributed by atoms with E-state index in [1.54, 1.807) is 0 Å². The molecule has 0 aliphatic carbocycles. The Morgan fingerprint density at radius 2 is 2.00 bits per heavy atom. The van der Waals surface area contributed by atoms with Crippen LogP contribution >= 0.6 is 0 Å². The summed E-state index contributed by atoms with van der Waals surface area (Å²) in [5, 5.41) is 9.19. The van der Waals surface area contributed by atoms with Crippen molar-refractivity contribution in [1.29, 1.82) is 0 Å². The highest BCUT2D eigenvalue weighted by Crippen LogP contribution is 2.15. The molecule has 1 heterocycles. The molecule has 0 amide bonds. The van der Waals surface area contributed by atoms with Gasteiger partial charge in [-0.15, -0.1) is 0 Å². The highest BCUT2D eigenvalue weighted by molar-refractivity contribution is 5.96. The fourth-order valence-electron chi connectivity index (χ4n) is 2.82. The third-order valence-electron chi connectivity index (χ3n) is 4.01. The zero-order chi connectivity index (χ0) is 15.4. The largest absolute Gasteiger partial charge is 0.394 e. The van der Waals surface area contributed by atoms with Crippen molar-refractivity contribution >= 4 is 5.78 Å². The highest BCUT2D eigenvalue weighted by atomic mass is 16.5. The molecule has 0 aromatic heterocycles. The number of ketones is 1. The van der Waals surface area contributed by atoms with Gasteiger partial charge < -0.3 is 9.84 Å². The van der Waals surface area contributed by atoms with Crippen molar-refractivity contribution in [3.63, 3.8) is 0 Å². The maximum absolute atomic E-state index is 12.3. The molecule has 1 aliphatic heterocycles. The van der Waals surface area contributed by atoms with E-state index in [-0.39, 0.29) is 18.5 Å². The van der Waals surface area contributed by atoms with Crippen LogP contribution in [0, 0.1) is 13.8 Å². The third-order valence-corrected chi connectivity index (χ3v) is 4.01. The zero-order valence-corrected chi connectivity index (χ0v) is 13.1. The van der Waals surface area contributed by atoms with E-state index in [9.17, 15) is 9.90 Å². The Balaban J connectivity index is 1.93. The van der Waals surface area contributed by atoms with Gasteiger partial charge in [0.2, 0.25) is 0 Å². The lowest BCUT2D eigenvalue weighted by molar-refractivity contribution is -0.0772. The maximum atomic E-state index is 12.3. The molecule has 1 saturated heterocycles. The lowest BCUT2D eigenvalue weighted by Crippen LogP contribution is -2.49. The van der Waals surface area contributed by atoms with Crippen molar-refractivity contribution in [2.75, 3.05) is 26.3 Å². The number of benzene rings is 1. The van der Waals surface area contributed by atoms with E-state index in [0.717, 1.165) is 16.7 Å². The Bertz CT molecular complexity index is 481. The maximum Gasteiger partial charge on any atom is 0.164 e. The predicted molar refractivity (Wildman–Crippen MR) is 82.7 cm³/mol. The van der Waals surface area contributed by atoms with Crippen molar-refractivity contribution in [2.45, 2.75) is 39.3 Å². The van der Waals surface area contributed by atoms with Gasteiger partial charge in [0.15, 0.2) is 5.78 Å². The van der Waals surface area contributed by atoms with Crippen LogP contribution in [0.25, 0.3) is 0 Å². The van der Waals surface area contributed by atoms with Crippen molar-refractivity contribution in [2.24, 2.45) is 0 Å². The second-order valence-corrected chi connectivity index (χ2v) is 6.03. The van der Waals surface area contributed by atoms with Gasteiger partial charge in [-0.1, -0.05) is 17.2 Å². The number of ether oxygens (including phenoxy) is 1. The first kappa shape index (κ1) is 16.1. The van der Waals surface area contributed by atoms with Crippen LogP contribution in [0.5, 0.6) is 0 Å². The molecule has 1 fully saturated rings. The van der Waals surface area contributed by atoms with Crippen molar-refractivity contribution < 1.29 is 14.6 Å². The molecule has 2 atom stereocenters. The Labute approximate surface area is 126 Å². The third kappa shape index (κ3) is 4.37. The summed E-state index contributed by atoms with van der Waals surface area (Å²) in [6.45, 7) is 8.18. The van der Waals surface area contributed by atoms with Crippen LogP contribution in [0.15, 0.2) is 18.2 Å². The van der Waals surface area contributed by atoms with Gasteiger partial charge in [0, 0.05) is 31.1 Å². The molecule has 0 spiro atoms. The molecule has 116 valence electrons. The number of hydrogen-bond donors (Lipinski definition) is 1. The van der Waals surface area contributed by atoms with Crippen LogP contribution in [-0.2, 0) is 4.74 Å². The quantitative estimate of drug-likeness (QED) is 0.843. The first-order chi connectivity index (χ1) is 9.99. The molecule has 0 bridgehead atoms. The van der Waals surface area contributed by atoms with E-state index in [2.05, 4.69) is 17.9 Å². The summed E-state index contributed by atoms with van der Waals surface area (Å²) in [6.07, 6.45) is 0.378. The van der Waals surface area contributed by atoms with Crippen LogP contribution in [-0.4, -0.2) is 54.2 Å². The number of morpholine rings is 1. The molecule has 2 rings (SSSR count). The summed E-state index contributed by atoms with van der Waals surface area (Å²) < 4.78 is 5.52. The van der Waals surface area contributed by atoms with Crippen molar-refractivity contribution in [1.82, 2.24) is 4.90 Å². The molecule has 1 aromatic rings. The summed E-state index contributed by atoms with van der Waals surface area (Å²) in [5.74, 6) is 0.182. The van der Waals surface area contributed by atoms with Crippen LogP contribution in [0.4, 0.5) is 0 Å². The summed E-state index contributed by atoms with van der Waals surface area (Å²) >= 11 is 0. The minimum atomic E-state index is -0.127. The van der Waals surface area contributed by atoms with E-state index >= 15 is 0 Å². The second kappa shape index (κ2) is 7.16. The van der Waals surface area contributed by atoms with Crippen LogP contribution < -0.4 is 0 Å². The SMILES string of the molecule is Cc1cc(C)cc(C(=O)CCN2CC(CO)OCC2C)c1. The average molecular weight is 291 g/mol. The molecule has 1 N–H and O–H groups in total. The van der Waals surface area contributed by atoms with Gasteiger partial charge in [0.05, 0.1) is 19.3 Å². The first-order valence-electron chi connectivity index (χ1n) is 7.57. The smallest absolute Gasteiger partial charge is 0.164 e. The molecule has 4 heteroatoms.